The van der Waals surface area contributed by atoms with Crippen LogP contribution in [0.15, 0.2) is 18.3 Å². The van der Waals surface area contributed by atoms with Crippen molar-refractivity contribution >= 4 is 5.91 Å². The van der Waals surface area contributed by atoms with Crippen LogP contribution >= 0.6 is 0 Å². The third kappa shape index (κ3) is 3.79. The summed E-state index contributed by atoms with van der Waals surface area (Å²) in [4.78, 5) is 18.9. The maximum absolute atomic E-state index is 12.3. The van der Waals surface area contributed by atoms with Gasteiger partial charge in [-0.25, -0.2) is 0 Å². The number of nitrogens with zero attached hydrogens (tertiary/aromatic N) is 2. The summed E-state index contributed by atoms with van der Waals surface area (Å²) in [7, 11) is 0. The van der Waals surface area contributed by atoms with Gasteiger partial charge in [0.15, 0.2) is 0 Å². The van der Waals surface area contributed by atoms with Crippen molar-refractivity contribution in [3.63, 3.8) is 0 Å². The van der Waals surface area contributed by atoms with E-state index in [0.29, 0.717) is 12.5 Å². The molecule has 4 nitrogen and oxygen atoms in total. The van der Waals surface area contributed by atoms with Crippen LogP contribution in [0.4, 0.5) is 0 Å². The van der Waals surface area contributed by atoms with E-state index in [4.69, 9.17) is 0 Å². The van der Waals surface area contributed by atoms with Crippen LogP contribution in [0.1, 0.15) is 37.9 Å². The minimum atomic E-state index is 0.0503. The molecular formula is C16H25N3O. The molecule has 1 aliphatic heterocycles. The van der Waals surface area contributed by atoms with Crippen LogP contribution in [-0.2, 0) is 11.3 Å². The second-order valence-corrected chi connectivity index (χ2v) is 6.01. The molecule has 4 heteroatoms. The first-order valence-electron chi connectivity index (χ1n) is 7.50. The van der Waals surface area contributed by atoms with Gasteiger partial charge in [-0.3, -0.25) is 14.7 Å². The first-order chi connectivity index (χ1) is 9.58. The molecule has 1 amide bonds. The van der Waals surface area contributed by atoms with E-state index in [9.17, 15) is 4.79 Å². The molecule has 0 spiro atoms. The van der Waals surface area contributed by atoms with E-state index >= 15 is 0 Å². The zero-order valence-electron chi connectivity index (χ0n) is 12.7. The maximum Gasteiger partial charge on any atom is 0.237 e. The molecule has 0 aliphatic carbocycles. The lowest BCUT2D eigenvalue weighted by Crippen LogP contribution is -2.44. The van der Waals surface area contributed by atoms with E-state index in [1.165, 1.54) is 0 Å². The van der Waals surface area contributed by atoms with Crippen LogP contribution < -0.4 is 5.32 Å². The lowest BCUT2D eigenvalue weighted by molar-refractivity contribution is -0.125. The highest BCUT2D eigenvalue weighted by Crippen LogP contribution is 2.19. The van der Waals surface area contributed by atoms with Crippen LogP contribution in [0, 0.1) is 12.8 Å². The van der Waals surface area contributed by atoms with Crippen molar-refractivity contribution in [3.8, 4) is 0 Å². The number of pyridine rings is 1. The maximum atomic E-state index is 12.3. The molecule has 1 atom stereocenters. The summed E-state index contributed by atoms with van der Waals surface area (Å²) >= 11 is 0. The van der Waals surface area contributed by atoms with Crippen LogP contribution in [0.3, 0.4) is 0 Å². The fraction of sp³-hybridized carbons (Fsp3) is 0.625. The van der Waals surface area contributed by atoms with Gasteiger partial charge in [-0.05, 0) is 43.9 Å². The summed E-state index contributed by atoms with van der Waals surface area (Å²) in [6.45, 7) is 9.00. The van der Waals surface area contributed by atoms with E-state index in [2.05, 4.69) is 29.0 Å². The van der Waals surface area contributed by atoms with Crippen molar-refractivity contribution in [1.82, 2.24) is 15.2 Å². The largest absolute Gasteiger partial charge is 0.351 e. The molecule has 0 unspecified atom stereocenters. The van der Waals surface area contributed by atoms with Crippen molar-refractivity contribution in [2.75, 3.05) is 13.1 Å². The molecule has 0 aromatic carbocycles. The minimum Gasteiger partial charge on any atom is -0.351 e. The first-order valence-corrected chi connectivity index (χ1v) is 7.50. The van der Waals surface area contributed by atoms with E-state index in [0.717, 1.165) is 37.2 Å². The van der Waals surface area contributed by atoms with E-state index in [1.807, 2.05) is 19.1 Å². The van der Waals surface area contributed by atoms with Gasteiger partial charge < -0.3 is 5.32 Å². The number of carbonyl (C=O) groups excluding carboxylic acids is 1. The summed E-state index contributed by atoms with van der Waals surface area (Å²) < 4.78 is 0. The Bertz CT molecular complexity index is 459. The predicted molar refractivity (Wildman–Crippen MR) is 80.3 cm³/mol. The lowest BCUT2D eigenvalue weighted by atomic mass is 10.1. The highest BCUT2D eigenvalue weighted by molar-refractivity contribution is 5.82. The highest BCUT2D eigenvalue weighted by Gasteiger charge is 2.30. The fourth-order valence-electron chi connectivity index (χ4n) is 2.82. The number of aryl methyl sites for hydroxylation is 1. The quantitative estimate of drug-likeness (QED) is 0.895. The molecule has 2 rings (SSSR count). The van der Waals surface area contributed by atoms with Crippen molar-refractivity contribution in [2.24, 2.45) is 5.92 Å². The van der Waals surface area contributed by atoms with Gasteiger partial charge in [-0.1, -0.05) is 19.9 Å². The Hall–Kier alpha value is -1.42. The second kappa shape index (κ2) is 6.84. The van der Waals surface area contributed by atoms with Gasteiger partial charge in [0.05, 0.1) is 6.04 Å². The standard InChI is InChI=1S/C16H25N3O/c1-12(2)11-19-9-5-7-15(19)16(20)18-10-14-6-4-8-17-13(14)3/h4,6,8,12,15H,5,7,9-11H2,1-3H3,(H,18,20)/t15-/m1/s1. The summed E-state index contributed by atoms with van der Waals surface area (Å²) in [5.74, 6) is 0.760. The van der Waals surface area contributed by atoms with Gasteiger partial charge in [-0.2, -0.15) is 0 Å². The summed E-state index contributed by atoms with van der Waals surface area (Å²) in [5, 5.41) is 3.06. The van der Waals surface area contributed by atoms with Gasteiger partial charge in [0.25, 0.3) is 0 Å². The molecule has 1 aromatic heterocycles. The van der Waals surface area contributed by atoms with Gasteiger partial charge in [0.1, 0.15) is 0 Å². The first kappa shape index (κ1) is 15.0. The van der Waals surface area contributed by atoms with Crippen LogP contribution in [-0.4, -0.2) is 34.9 Å². The number of carbonyl (C=O) groups is 1. The van der Waals surface area contributed by atoms with Crippen LogP contribution in [0.25, 0.3) is 0 Å². The Morgan fingerprint density at radius 2 is 2.35 bits per heavy atom. The monoisotopic (exact) mass is 275 g/mol. The average molecular weight is 275 g/mol. The lowest BCUT2D eigenvalue weighted by Gasteiger charge is -2.25. The Labute approximate surface area is 121 Å². The van der Waals surface area contributed by atoms with Crippen molar-refractivity contribution in [2.45, 2.75) is 46.2 Å². The summed E-state index contributed by atoms with van der Waals surface area (Å²) in [6.07, 6.45) is 3.88. The topological polar surface area (TPSA) is 45.2 Å². The molecule has 0 bridgehead atoms. The molecule has 1 aromatic rings. The smallest absolute Gasteiger partial charge is 0.237 e. The molecule has 2 heterocycles. The van der Waals surface area contributed by atoms with Crippen molar-refractivity contribution < 1.29 is 4.79 Å². The third-order valence-corrected chi connectivity index (χ3v) is 3.84. The molecule has 1 aliphatic rings. The summed E-state index contributed by atoms with van der Waals surface area (Å²) in [5.41, 5.74) is 2.08. The predicted octanol–water partition coefficient (Wildman–Crippen LogP) is 2.13. The zero-order chi connectivity index (χ0) is 14.5. The number of hydrogen-bond donors (Lipinski definition) is 1. The molecule has 0 radical (unpaired) electrons. The van der Waals surface area contributed by atoms with Crippen LogP contribution in [0.5, 0.6) is 0 Å². The van der Waals surface area contributed by atoms with E-state index < -0.39 is 0 Å². The van der Waals surface area contributed by atoms with Gasteiger partial charge in [0.2, 0.25) is 5.91 Å². The second-order valence-electron chi connectivity index (χ2n) is 6.01. The Morgan fingerprint density at radius 1 is 1.55 bits per heavy atom. The molecule has 1 saturated heterocycles. The number of nitrogens with one attached hydrogen (secondary N) is 1. The molecule has 110 valence electrons. The Morgan fingerprint density at radius 3 is 3.05 bits per heavy atom. The number of likely N-dealkylation sites (tertiary alicyclic amines) is 1. The zero-order valence-corrected chi connectivity index (χ0v) is 12.7. The van der Waals surface area contributed by atoms with Gasteiger partial charge in [0, 0.05) is 25.0 Å². The van der Waals surface area contributed by atoms with Crippen LogP contribution in [0.2, 0.25) is 0 Å². The van der Waals surface area contributed by atoms with Crippen molar-refractivity contribution in [3.05, 3.63) is 29.6 Å². The fourth-order valence-corrected chi connectivity index (χ4v) is 2.82. The SMILES string of the molecule is Cc1ncccc1CNC(=O)[C@H]1CCCN1CC(C)C. The minimum absolute atomic E-state index is 0.0503. The Balaban J connectivity index is 1.90. The highest BCUT2D eigenvalue weighted by atomic mass is 16.2. The normalized spacial score (nSPS) is 19.5. The molecular weight excluding hydrogens is 250 g/mol. The van der Waals surface area contributed by atoms with Crippen molar-refractivity contribution in [1.29, 1.82) is 0 Å². The molecule has 1 N–H and O–H groups in total. The molecule has 0 saturated carbocycles. The average Bonchev–Trinajstić information content (AvgIpc) is 2.85. The molecule has 1 fully saturated rings. The Kier molecular flexibility index (Phi) is 5.12. The number of amides is 1. The third-order valence-electron chi connectivity index (χ3n) is 3.84. The van der Waals surface area contributed by atoms with Gasteiger partial charge >= 0.3 is 0 Å². The van der Waals surface area contributed by atoms with E-state index in [-0.39, 0.29) is 11.9 Å². The number of rotatable bonds is 5. The number of hydrogen-bond acceptors (Lipinski definition) is 3. The molecule has 20 heavy (non-hydrogen) atoms. The van der Waals surface area contributed by atoms with E-state index in [1.54, 1.807) is 6.20 Å². The van der Waals surface area contributed by atoms with Gasteiger partial charge in [-0.15, -0.1) is 0 Å². The number of aromatic nitrogens is 1. The summed E-state index contributed by atoms with van der Waals surface area (Å²) in [6, 6.07) is 3.98.